The summed E-state index contributed by atoms with van der Waals surface area (Å²) in [7, 11) is 0. The molecular weight excluding hydrogens is 234 g/mol. The molecule has 2 rings (SSSR count). The van der Waals surface area contributed by atoms with E-state index in [-0.39, 0.29) is 0 Å². The van der Waals surface area contributed by atoms with Gasteiger partial charge in [0, 0.05) is 18.3 Å². The molecule has 1 aromatic heterocycles. The number of unbranched alkanes of at least 4 members (excludes halogenated alkanes) is 2. The molecule has 0 bridgehead atoms. The van der Waals surface area contributed by atoms with Gasteiger partial charge in [-0.05, 0) is 18.5 Å². The van der Waals surface area contributed by atoms with E-state index >= 15 is 0 Å². The van der Waals surface area contributed by atoms with Gasteiger partial charge < -0.3 is 5.32 Å². The molecule has 0 aliphatic heterocycles. The van der Waals surface area contributed by atoms with Crippen molar-refractivity contribution in [1.82, 2.24) is 15.1 Å². The minimum atomic E-state index is 0.844. The van der Waals surface area contributed by atoms with Gasteiger partial charge >= 0.3 is 0 Å². The summed E-state index contributed by atoms with van der Waals surface area (Å²) in [6.07, 6.45) is 7.92. The molecule has 0 radical (unpaired) electrons. The number of rotatable bonds is 8. The van der Waals surface area contributed by atoms with Crippen molar-refractivity contribution < 1.29 is 0 Å². The Kier molecular flexibility index (Phi) is 5.63. The van der Waals surface area contributed by atoms with Crippen LogP contribution in [0.3, 0.4) is 0 Å². The Morgan fingerprint density at radius 2 is 1.95 bits per heavy atom. The summed E-state index contributed by atoms with van der Waals surface area (Å²) < 4.78 is 2.00. The van der Waals surface area contributed by atoms with Gasteiger partial charge in [0.25, 0.3) is 0 Å². The lowest BCUT2D eigenvalue weighted by molar-refractivity contribution is 0.616. The van der Waals surface area contributed by atoms with Crippen molar-refractivity contribution in [3.63, 3.8) is 0 Å². The molecule has 102 valence electrons. The second-order valence-electron chi connectivity index (χ2n) is 4.92. The van der Waals surface area contributed by atoms with E-state index in [1.807, 2.05) is 16.9 Å². The monoisotopic (exact) mass is 257 g/mol. The van der Waals surface area contributed by atoms with Crippen molar-refractivity contribution in [1.29, 1.82) is 0 Å². The third-order valence-corrected chi connectivity index (χ3v) is 3.16. The average Bonchev–Trinajstić information content (AvgIpc) is 2.87. The van der Waals surface area contributed by atoms with Crippen LogP contribution in [0.1, 0.15) is 37.3 Å². The normalized spacial score (nSPS) is 10.8. The molecule has 0 fully saturated rings. The van der Waals surface area contributed by atoms with Crippen LogP contribution < -0.4 is 5.32 Å². The first kappa shape index (κ1) is 13.8. The summed E-state index contributed by atoms with van der Waals surface area (Å²) in [5.41, 5.74) is 2.54. The van der Waals surface area contributed by atoms with E-state index in [0.29, 0.717) is 0 Å². The molecule has 0 atom stereocenters. The molecule has 1 heterocycles. The number of benzene rings is 1. The molecule has 0 spiro atoms. The van der Waals surface area contributed by atoms with Crippen LogP contribution >= 0.6 is 0 Å². The molecule has 19 heavy (non-hydrogen) atoms. The second kappa shape index (κ2) is 7.74. The first-order valence-electron chi connectivity index (χ1n) is 7.14. The largest absolute Gasteiger partial charge is 0.313 e. The topological polar surface area (TPSA) is 29.9 Å². The predicted molar refractivity (Wildman–Crippen MR) is 79.0 cm³/mol. The maximum atomic E-state index is 4.40. The third kappa shape index (κ3) is 4.87. The summed E-state index contributed by atoms with van der Waals surface area (Å²) in [5.74, 6) is 0. The molecule has 2 aromatic rings. The van der Waals surface area contributed by atoms with Crippen LogP contribution in [0.25, 0.3) is 0 Å². The Bertz CT molecular complexity index is 462. The van der Waals surface area contributed by atoms with Gasteiger partial charge in [0.15, 0.2) is 0 Å². The standard InChI is InChI=1S/C16H23N3/c1-2-3-7-10-17-11-16-12-18-19(14-16)13-15-8-5-4-6-9-15/h4-6,8-9,12,14,17H,2-3,7,10-11,13H2,1H3. The molecule has 0 unspecified atom stereocenters. The Morgan fingerprint density at radius 1 is 1.11 bits per heavy atom. The van der Waals surface area contributed by atoms with E-state index in [0.717, 1.165) is 19.6 Å². The SMILES string of the molecule is CCCCCNCc1cnn(Cc2ccccc2)c1. The predicted octanol–water partition coefficient (Wildman–Crippen LogP) is 3.21. The Morgan fingerprint density at radius 3 is 2.74 bits per heavy atom. The zero-order valence-electron chi connectivity index (χ0n) is 11.7. The van der Waals surface area contributed by atoms with Crippen molar-refractivity contribution in [3.05, 3.63) is 53.9 Å². The van der Waals surface area contributed by atoms with Gasteiger partial charge in [-0.25, -0.2) is 0 Å². The Balaban J connectivity index is 1.76. The zero-order chi connectivity index (χ0) is 13.3. The smallest absolute Gasteiger partial charge is 0.0659 e. The summed E-state index contributed by atoms with van der Waals surface area (Å²) in [6.45, 7) is 5.08. The summed E-state index contributed by atoms with van der Waals surface area (Å²) in [6, 6.07) is 10.4. The maximum absolute atomic E-state index is 4.40. The van der Waals surface area contributed by atoms with E-state index in [1.165, 1.54) is 30.4 Å². The van der Waals surface area contributed by atoms with Crippen molar-refractivity contribution in [2.24, 2.45) is 0 Å². The summed E-state index contributed by atoms with van der Waals surface area (Å²) in [5, 5.41) is 7.86. The van der Waals surface area contributed by atoms with Crippen molar-refractivity contribution in [2.45, 2.75) is 39.3 Å². The van der Waals surface area contributed by atoms with E-state index in [4.69, 9.17) is 0 Å². The van der Waals surface area contributed by atoms with Gasteiger partial charge in [-0.2, -0.15) is 5.10 Å². The van der Waals surface area contributed by atoms with Crippen molar-refractivity contribution >= 4 is 0 Å². The number of aromatic nitrogens is 2. The number of hydrogen-bond donors (Lipinski definition) is 1. The first-order valence-corrected chi connectivity index (χ1v) is 7.14. The fraction of sp³-hybridized carbons (Fsp3) is 0.438. The van der Waals surface area contributed by atoms with Crippen LogP contribution in [-0.4, -0.2) is 16.3 Å². The second-order valence-corrected chi connectivity index (χ2v) is 4.92. The van der Waals surface area contributed by atoms with Gasteiger partial charge in [0.2, 0.25) is 0 Å². The highest BCUT2D eigenvalue weighted by Gasteiger charge is 1.99. The number of nitrogens with zero attached hydrogens (tertiary/aromatic N) is 2. The molecule has 3 heteroatoms. The lowest BCUT2D eigenvalue weighted by atomic mass is 10.2. The van der Waals surface area contributed by atoms with Crippen LogP contribution in [-0.2, 0) is 13.1 Å². The summed E-state index contributed by atoms with van der Waals surface area (Å²) >= 11 is 0. The molecular formula is C16H23N3. The lowest BCUT2D eigenvalue weighted by Gasteiger charge is -2.02. The molecule has 3 nitrogen and oxygen atoms in total. The van der Waals surface area contributed by atoms with E-state index in [2.05, 4.69) is 47.8 Å². The van der Waals surface area contributed by atoms with Gasteiger partial charge in [-0.1, -0.05) is 50.1 Å². The van der Waals surface area contributed by atoms with Gasteiger partial charge in [-0.3, -0.25) is 4.68 Å². The Hall–Kier alpha value is -1.61. The molecule has 0 saturated carbocycles. The van der Waals surface area contributed by atoms with Crippen LogP contribution in [0.2, 0.25) is 0 Å². The molecule has 0 aliphatic rings. The maximum Gasteiger partial charge on any atom is 0.0659 e. The summed E-state index contributed by atoms with van der Waals surface area (Å²) in [4.78, 5) is 0. The quantitative estimate of drug-likeness (QED) is 0.736. The van der Waals surface area contributed by atoms with E-state index < -0.39 is 0 Å². The van der Waals surface area contributed by atoms with E-state index in [1.54, 1.807) is 0 Å². The first-order chi connectivity index (χ1) is 9.38. The van der Waals surface area contributed by atoms with Crippen LogP contribution in [0.4, 0.5) is 0 Å². The van der Waals surface area contributed by atoms with E-state index in [9.17, 15) is 0 Å². The fourth-order valence-corrected chi connectivity index (χ4v) is 2.09. The molecule has 1 aromatic carbocycles. The minimum absolute atomic E-state index is 0.844. The molecule has 1 N–H and O–H groups in total. The van der Waals surface area contributed by atoms with Gasteiger partial charge in [0.05, 0.1) is 12.7 Å². The van der Waals surface area contributed by atoms with Crippen molar-refractivity contribution in [3.8, 4) is 0 Å². The molecule has 0 amide bonds. The van der Waals surface area contributed by atoms with Crippen LogP contribution in [0.5, 0.6) is 0 Å². The lowest BCUT2D eigenvalue weighted by Crippen LogP contribution is -2.14. The Labute approximate surface area is 115 Å². The highest BCUT2D eigenvalue weighted by Crippen LogP contribution is 2.04. The minimum Gasteiger partial charge on any atom is -0.313 e. The molecule has 0 saturated heterocycles. The highest BCUT2D eigenvalue weighted by molar-refractivity contribution is 5.15. The highest BCUT2D eigenvalue weighted by atomic mass is 15.3. The van der Waals surface area contributed by atoms with Gasteiger partial charge in [0.1, 0.15) is 0 Å². The number of hydrogen-bond acceptors (Lipinski definition) is 2. The zero-order valence-corrected chi connectivity index (χ0v) is 11.7. The fourth-order valence-electron chi connectivity index (χ4n) is 2.09. The van der Waals surface area contributed by atoms with Gasteiger partial charge in [-0.15, -0.1) is 0 Å². The average molecular weight is 257 g/mol. The number of nitrogens with one attached hydrogen (secondary N) is 1. The van der Waals surface area contributed by atoms with Crippen LogP contribution in [0.15, 0.2) is 42.7 Å². The third-order valence-electron chi connectivity index (χ3n) is 3.16. The van der Waals surface area contributed by atoms with Crippen LogP contribution in [0, 0.1) is 0 Å². The van der Waals surface area contributed by atoms with Crippen molar-refractivity contribution in [2.75, 3.05) is 6.54 Å². The molecule has 0 aliphatic carbocycles.